The molecule has 2 amide bonds. The van der Waals surface area contributed by atoms with Crippen LogP contribution in [-0.4, -0.2) is 31.0 Å². The summed E-state index contributed by atoms with van der Waals surface area (Å²) in [7, 11) is 0. The number of carbonyl (C=O) groups is 2. The fourth-order valence-corrected chi connectivity index (χ4v) is 7.16. The van der Waals surface area contributed by atoms with Crippen molar-refractivity contribution in [3.63, 3.8) is 0 Å². The molecular formula is C47H86N2O3. The van der Waals surface area contributed by atoms with Gasteiger partial charge in [0.15, 0.2) is 0 Å². The van der Waals surface area contributed by atoms with Gasteiger partial charge in [-0.1, -0.05) is 237 Å². The molecule has 5 nitrogen and oxygen atoms in total. The molecule has 1 rings (SSSR count). The van der Waals surface area contributed by atoms with Crippen molar-refractivity contribution in [2.75, 3.05) is 13.2 Å². The fraction of sp³-hybridized carbons (Fsp3) is 0.830. The highest BCUT2D eigenvalue weighted by Gasteiger charge is 2.20. The van der Waals surface area contributed by atoms with Crippen LogP contribution >= 0.6 is 0 Å². The van der Waals surface area contributed by atoms with Gasteiger partial charge in [-0.3, -0.25) is 9.59 Å². The molecule has 302 valence electrons. The van der Waals surface area contributed by atoms with Gasteiger partial charge >= 0.3 is 0 Å². The molecule has 0 fully saturated rings. The maximum Gasteiger partial charge on any atom is 0.244 e. The van der Waals surface area contributed by atoms with Gasteiger partial charge in [0.25, 0.3) is 0 Å². The SMILES string of the molecule is CCCCCCCCCCCCCCCCCCCNC(=O)[C@H](COCc1ccccc1)NC(=O)CCCCCCCCCCCCCCCCC. The predicted octanol–water partition coefficient (Wildman–Crippen LogP) is 13.7. The van der Waals surface area contributed by atoms with Crippen LogP contribution in [0.4, 0.5) is 0 Å². The summed E-state index contributed by atoms with van der Waals surface area (Å²) in [6, 6.07) is 9.33. The summed E-state index contributed by atoms with van der Waals surface area (Å²) in [6.07, 6.45) is 42.9. The first-order valence-electron chi connectivity index (χ1n) is 22.9. The highest BCUT2D eigenvalue weighted by molar-refractivity contribution is 5.87. The summed E-state index contributed by atoms with van der Waals surface area (Å²) >= 11 is 0. The van der Waals surface area contributed by atoms with E-state index in [4.69, 9.17) is 4.74 Å². The van der Waals surface area contributed by atoms with E-state index < -0.39 is 6.04 Å². The summed E-state index contributed by atoms with van der Waals surface area (Å²) in [6.45, 7) is 5.84. The Morgan fingerprint density at radius 2 is 0.865 bits per heavy atom. The summed E-state index contributed by atoms with van der Waals surface area (Å²) < 4.78 is 5.90. The third-order valence-corrected chi connectivity index (χ3v) is 10.6. The Hall–Kier alpha value is -1.88. The standard InChI is InChI=1S/C47H86N2O3/c1-3-5-7-9-11-13-15-17-19-20-22-24-26-28-30-32-37-41-48-47(51)45(43-52-42-44-38-34-33-35-39-44)49-46(50)40-36-31-29-27-25-23-21-18-16-14-12-10-8-6-4-2/h33-35,38-39,45H,3-32,36-37,40-43H2,1-2H3,(H,48,51)(H,49,50)/t45-/m0/s1. The van der Waals surface area contributed by atoms with Crippen LogP contribution in [0.15, 0.2) is 30.3 Å². The van der Waals surface area contributed by atoms with Gasteiger partial charge in [-0.2, -0.15) is 0 Å². The summed E-state index contributed by atoms with van der Waals surface area (Å²) in [5, 5.41) is 6.06. The smallest absolute Gasteiger partial charge is 0.244 e. The van der Waals surface area contributed by atoms with Gasteiger partial charge in [-0.25, -0.2) is 0 Å². The molecule has 5 heteroatoms. The number of carbonyl (C=O) groups excluding carboxylic acids is 2. The molecule has 1 aromatic carbocycles. The van der Waals surface area contributed by atoms with Crippen LogP contribution in [0, 0.1) is 0 Å². The number of hydrogen-bond acceptors (Lipinski definition) is 3. The van der Waals surface area contributed by atoms with Gasteiger partial charge in [0.05, 0.1) is 13.2 Å². The van der Waals surface area contributed by atoms with Gasteiger partial charge in [-0.05, 0) is 18.4 Å². The predicted molar refractivity (Wildman–Crippen MR) is 225 cm³/mol. The number of unbranched alkanes of at least 4 members (excludes halogenated alkanes) is 30. The maximum absolute atomic E-state index is 13.1. The average molecular weight is 727 g/mol. The fourth-order valence-electron chi connectivity index (χ4n) is 7.16. The van der Waals surface area contributed by atoms with Gasteiger partial charge in [-0.15, -0.1) is 0 Å². The van der Waals surface area contributed by atoms with E-state index in [9.17, 15) is 9.59 Å². The minimum absolute atomic E-state index is 0.0454. The van der Waals surface area contributed by atoms with E-state index in [0.29, 0.717) is 19.6 Å². The first-order chi connectivity index (χ1) is 25.7. The van der Waals surface area contributed by atoms with Crippen LogP contribution in [0.5, 0.6) is 0 Å². The van der Waals surface area contributed by atoms with Crippen LogP contribution in [-0.2, 0) is 20.9 Å². The van der Waals surface area contributed by atoms with Crippen molar-refractivity contribution >= 4 is 11.8 Å². The van der Waals surface area contributed by atoms with E-state index in [1.807, 2.05) is 30.3 Å². The number of benzene rings is 1. The summed E-state index contributed by atoms with van der Waals surface area (Å²) in [5.74, 6) is -0.176. The number of hydrogen-bond donors (Lipinski definition) is 2. The number of nitrogens with one attached hydrogen (secondary N) is 2. The van der Waals surface area contributed by atoms with E-state index in [-0.39, 0.29) is 18.4 Å². The molecule has 0 radical (unpaired) electrons. The van der Waals surface area contributed by atoms with Crippen LogP contribution in [0.2, 0.25) is 0 Å². The number of amides is 2. The molecule has 0 bridgehead atoms. The van der Waals surface area contributed by atoms with Gasteiger partial charge < -0.3 is 15.4 Å². The zero-order valence-corrected chi connectivity index (χ0v) is 34.6. The second-order valence-corrected chi connectivity index (χ2v) is 15.8. The van der Waals surface area contributed by atoms with Crippen LogP contribution < -0.4 is 10.6 Å². The van der Waals surface area contributed by atoms with Gasteiger partial charge in [0, 0.05) is 13.0 Å². The topological polar surface area (TPSA) is 67.4 Å². The lowest BCUT2D eigenvalue weighted by Gasteiger charge is -2.19. The van der Waals surface area contributed by atoms with Crippen molar-refractivity contribution in [1.29, 1.82) is 0 Å². The lowest BCUT2D eigenvalue weighted by molar-refractivity contribution is -0.130. The molecule has 52 heavy (non-hydrogen) atoms. The molecule has 0 aliphatic heterocycles. The van der Waals surface area contributed by atoms with E-state index in [1.165, 1.54) is 180 Å². The Labute approximate surface area is 323 Å². The second kappa shape index (κ2) is 38.8. The highest BCUT2D eigenvalue weighted by atomic mass is 16.5. The Balaban J connectivity index is 2.12. The maximum atomic E-state index is 13.1. The average Bonchev–Trinajstić information content (AvgIpc) is 3.15. The summed E-state index contributed by atoms with van der Waals surface area (Å²) in [5.41, 5.74) is 1.06. The molecule has 1 atom stereocenters. The molecule has 2 N–H and O–H groups in total. The minimum Gasteiger partial charge on any atom is -0.374 e. The third-order valence-electron chi connectivity index (χ3n) is 10.6. The van der Waals surface area contributed by atoms with Crippen LogP contribution in [0.3, 0.4) is 0 Å². The monoisotopic (exact) mass is 727 g/mol. The first kappa shape index (κ1) is 48.1. The zero-order valence-electron chi connectivity index (χ0n) is 34.6. The van der Waals surface area contributed by atoms with Crippen molar-refractivity contribution in [2.24, 2.45) is 0 Å². The Morgan fingerprint density at radius 3 is 1.27 bits per heavy atom. The minimum atomic E-state index is -0.654. The van der Waals surface area contributed by atoms with Gasteiger partial charge in [0.1, 0.15) is 6.04 Å². The van der Waals surface area contributed by atoms with Crippen molar-refractivity contribution in [3.8, 4) is 0 Å². The third kappa shape index (κ3) is 32.7. The molecule has 0 aliphatic carbocycles. The molecule has 0 saturated heterocycles. The number of rotatable bonds is 40. The van der Waals surface area contributed by atoms with Crippen molar-refractivity contribution in [3.05, 3.63) is 35.9 Å². The second-order valence-electron chi connectivity index (χ2n) is 15.8. The summed E-state index contributed by atoms with van der Waals surface area (Å²) in [4.78, 5) is 25.9. The number of ether oxygens (including phenoxy) is 1. The molecular weight excluding hydrogens is 641 g/mol. The zero-order chi connectivity index (χ0) is 37.4. The normalized spacial score (nSPS) is 11.9. The van der Waals surface area contributed by atoms with Crippen LogP contribution in [0.25, 0.3) is 0 Å². The quantitative estimate of drug-likeness (QED) is 0.0662. The molecule has 0 aliphatic rings. The largest absolute Gasteiger partial charge is 0.374 e. The Bertz CT molecular complexity index is 892. The lowest BCUT2D eigenvalue weighted by Crippen LogP contribution is -2.49. The molecule has 1 aromatic rings. The molecule has 0 heterocycles. The van der Waals surface area contributed by atoms with Crippen molar-refractivity contribution in [1.82, 2.24) is 10.6 Å². The van der Waals surface area contributed by atoms with E-state index in [2.05, 4.69) is 24.5 Å². The van der Waals surface area contributed by atoms with Gasteiger partial charge in [0.2, 0.25) is 11.8 Å². The molecule has 0 unspecified atom stereocenters. The highest BCUT2D eigenvalue weighted by Crippen LogP contribution is 2.15. The van der Waals surface area contributed by atoms with Crippen molar-refractivity contribution in [2.45, 2.75) is 238 Å². The molecule has 0 saturated carbocycles. The van der Waals surface area contributed by atoms with E-state index in [0.717, 1.165) is 31.2 Å². The molecule has 0 spiro atoms. The van der Waals surface area contributed by atoms with E-state index >= 15 is 0 Å². The van der Waals surface area contributed by atoms with E-state index in [1.54, 1.807) is 0 Å². The molecule has 0 aromatic heterocycles. The Morgan fingerprint density at radius 1 is 0.500 bits per heavy atom. The van der Waals surface area contributed by atoms with Crippen molar-refractivity contribution < 1.29 is 14.3 Å². The lowest BCUT2D eigenvalue weighted by atomic mass is 10.0. The Kier molecular flexibility index (Phi) is 35.9. The van der Waals surface area contributed by atoms with Crippen LogP contribution in [0.1, 0.15) is 231 Å². The first-order valence-corrected chi connectivity index (χ1v) is 22.9.